The third-order valence-electron chi connectivity index (χ3n) is 4.69. The molecule has 1 aliphatic carbocycles. The normalized spacial score (nSPS) is 15.3. The number of ketones is 1. The van der Waals surface area contributed by atoms with E-state index in [0.717, 1.165) is 36.6 Å². The maximum absolute atomic E-state index is 11.4. The van der Waals surface area contributed by atoms with Gasteiger partial charge in [0.25, 0.3) is 0 Å². The van der Waals surface area contributed by atoms with Crippen LogP contribution in [0.2, 0.25) is 0 Å². The van der Waals surface area contributed by atoms with Crippen molar-refractivity contribution in [2.75, 3.05) is 19.1 Å². The van der Waals surface area contributed by atoms with Crippen molar-refractivity contribution in [2.45, 2.75) is 38.1 Å². The van der Waals surface area contributed by atoms with Gasteiger partial charge in [-0.2, -0.15) is 0 Å². The Morgan fingerprint density at radius 2 is 1.83 bits per heavy atom. The van der Waals surface area contributed by atoms with Crippen molar-refractivity contribution >= 4 is 11.6 Å². The first-order valence-electron chi connectivity index (χ1n) is 8.48. The topological polar surface area (TPSA) is 42.4 Å². The third-order valence-corrected chi connectivity index (χ3v) is 4.69. The Hall–Kier alpha value is -2.36. The molecule has 1 aromatic carbocycles. The highest BCUT2D eigenvalue weighted by Crippen LogP contribution is 2.31. The van der Waals surface area contributed by atoms with Crippen LogP contribution < -0.4 is 9.64 Å². The number of Topliss-reactive ketones (excluding diaryl/α,β-unsaturated/α-hetero) is 1. The van der Waals surface area contributed by atoms with Crippen molar-refractivity contribution in [1.82, 2.24) is 4.98 Å². The Labute approximate surface area is 143 Å². The van der Waals surface area contributed by atoms with Gasteiger partial charge < -0.3 is 9.64 Å². The maximum atomic E-state index is 11.4. The number of aromatic nitrogens is 1. The van der Waals surface area contributed by atoms with Gasteiger partial charge in [0.2, 0.25) is 0 Å². The minimum absolute atomic E-state index is 0.388. The van der Waals surface area contributed by atoms with Crippen LogP contribution in [0.15, 0.2) is 42.5 Å². The molecule has 1 aromatic heterocycles. The zero-order valence-electron chi connectivity index (χ0n) is 14.4. The molecule has 0 saturated heterocycles. The van der Waals surface area contributed by atoms with Crippen molar-refractivity contribution in [3.8, 4) is 5.75 Å². The molecule has 0 bridgehead atoms. The van der Waals surface area contributed by atoms with Crippen LogP contribution in [0.4, 0.5) is 5.82 Å². The SMILES string of the molecule is COc1ccc(CN(C)c2cccc(C3CCC(=O)CC3)n2)cc1. The number of methoxy groups -OCH3 is 1. The minimum Gasteiger partial charge on any atom is -0.497 e. The minimum atomic E-state index is 0.388. The lowest BCUT2D eigenvalue weighted by Crippen LogP contribution is -2.19. The Balaban J connectivity index is 1.69. The summed E-state index contributed by atoms with van der Waals surface area (Å²) in [4.78, 5) is 18.4. The van der Waals surface area contributed by atoms with Crippen molar-refractivity contribution in [2.24, 2.45) is 0 Å². The fourth-order valence-electron chi connectivity index (χ4n) is 3.20. The molecule has 4 nitrogen and oxygen atoms in total. The van der Waals surface area contributed by atoms with E-state index >= 15 is 0 Å². The van der Waals surface area contributed by atoms with E-state index in [9.17, 15) is 4.79 Å². The van der Waals surface area contributed by atoms with E-state index in [1.54, 1.807) is 7.11 Å². The van der Waals surface area contributed by atoms with Gasteiger partial charge >= 0.3 is 0 Å². The number of anilines is 1. The molecule has 1 saturated carbocycles. The van der Waals surface area contributed by atoms with Crippen molar-refractivity contribution < 1.29 is 9.53 Å². The van der Waals surface area contributed by atoms with Crippen LogP contribution in [0.5, 0.6) is 5.75 Å². The summed E-state index contributed by atoms with van der Waals surface area (Å²) < 4.78 is 5.20. The average molecular weight is 324 g/mol. The number of nitrogens with zero attached hydrogens (tertiary/aromatic N) is 2. The molecule has 1 aliphatic rings. The number of hydrogen-bond donors (Lipinski definition) is 0. The van der Waals surface area contributed by atoms with E-state index < -0.39 is 0 Å². The second-order valence-electron chi connectivity index (χ2n) is 6.44. The molecule has 0 aliphatic heterocycles. The second-order valence-corrected chi connectivity index (χ2v) is 6.44. The van der Waals surface area contributed by atoms with Crippen LogP contribution in [-0.4, -0.2) is 24.9 Å². The lowest BCUT2D eigenvalue weighted by molar-refractivity contribution is -0.120. The number of benzene rings is 1. The van der Waals surface area contributed by atoms with E-state index in [2.05, 4.69) is 36.2 Å². The molecule has 3 rings (SSSR count). The monoisotopic (exact) mass is 324 g/mol. The fraction of sp³-hybridized carbons (Fsp3) is 0.400. The van der Waals surface area contributed by atoms with Gasteiger partial charge in [0.05, 0.1) is 7.11 Å². The van der Waals surface area contributed by atoms with Gasteiger partial charge in [-0.05, 0) is 42.7 Å². The van der Waals surface area contributed by atoms with E-state index in [0.29, 0.717) is 24.5 Å². The number of hydrogen-bond acceptors (Lipinski definition) is 4. The molecule has 0 amide bonds. The maximum Gasteiger partial charge on any atom is 0.132 e. The van der Waals surface area contributed by atoms with Crippen LogP contribution in [0.1, 0.15) is 42.9 Å². The Bertz CT molecular complexity index is 687. The summed E-state index contributed by atoms with van der Waals surface area (Å²) in [5.74, 6) is 2.64. The second kappa shape index (κ2) is 7.47. The van der Waals surface area contributed by atoms with Crippen LogP contribution in [0.25, 0.3) is 0 Å². The van der Waals surface area contributed by atoms with Gasteiger partial charge in [0, 0.05) is 38.0 Å². The van der Waals surface area contributed by atoms with Crippen LogP contribution >= 0.6 is 0 Å². The smallest absolute Gasteiger partial charge is 0.132 e. The summed E-state index contributed by atoms with van der Waals surface area (Å²) in [6.07, 6.45) is 3.24. The molecule has 0 atom stereocenters. The van der Waals surface area contributed by atoms with Gasteiger partial charge in [-0.15, -0.1) is 0 Å². The molecule has 4 heteroatoms. The lowest BCUT2D eigenvalue weighted by Gasteiger charge is -2.23. The van der Waals surface area contributed by atoms with E-state index in [4.69, 9.17) is 9.72 Å². The average Bonchev–Trinajstić information content (AvgIpc) is 2.63. The van der Waals surface area contributed by atoms with E-state index in [1.807, 2.05) is 18.2 Å². The van der Waals surface area contributed by atoms with Gasteiger partial charge in [-0.1, -0.05) is 18.2 Å². The quantitative estimate of drug-likeness (QED) is 0.835. The highest BCUT2D eigenvalue weighted by Gasteiger charge is 2.21. The molecule has 1 heterocycles. The first kappa shape index (κ1) is 16.5. The van der Waals surface area contributed by atoms with E-state index in [1.165, 1.54) is 5.56 Å². The zero-order chi connectivity index (χ0) is 16.9. The number of carbonyl (C=O) groups excluding carboxylic acids is 1. The molecular weight excluding hydrogens is 300 g/mol. The van der Waals surface area contributed by atoms with Crippen molar-refractivity contribution in [1.29, 1.82) is 0 Å². The molecular formula is C20H24N2O2. The largest absolute Gasteiger partial charge is 0.497 e. The summed E-state index contributed by atoms with van der Waals surface area (Å²) >= 11 is 0. The predicted octanol–water partition coefficient (Wildman–Crippen LogP) is 3.95. The molecule has 0 unspecified atom stereocenters. The summed E-state index contributed by atoms with van der Waals surface area (Å²) in [5.41, 5.74) is 2.33. The molecule has 0 radical (unpaired) electrons. The van der Waals surface area contributed by atoms with Gasteiger partial charge in [0.15, 0.2) is 0 Å². The van der Waals surface area contributed by atoms with Crippen LogP contribution in [0, 0.1) is 0 Å². The van der Waals surface area contributed by atoms with Gasteiger partial charge in [0.1, 0.15) is 17.4 Å². The molecule has 0 spiro atoms. The fourth-order valence-corrected chi connectivity index (χ4v) is 3.20. The number of pyridine rings is 1. The number of ether oxygens (including phenoxy) is 1. The molecule has 1 fully saturated rings. The van der Waals surface area contributed by atoms with Crippen molar-refractivity contribution in [3.63, 3.8) is 0 Å². The van der Waals surface area contributed by atoms with E-state index in [-0.39, 0.29) is 0 Å². The number of rotatable bonds is 5. The summed E-state index contributed by atoms with van der Waals surface area (Å²) in [5, 5.41) is 0. The zero-order valence-corrected chi connectivity index (χ0v) is 14.4. The summed E-state index contributed by atoms with van der Waals surface area (Å²) in [7, 11) is 3.73. The molecule has 126 valence electrons. The Morgan fingerprint density at radius 3 is 2.50 bits per heavy atom. The lowest BCUT2D eigenvalue weighted by atomic mass is 9.86. The predicted molar refractivity (Wildman–Crippen MR) is 95.6 cm³/mol. The highest BCUT2D eigenvalue weighted by atomic mass is 16.5. The van der Waals surface area contributed by atoms with Crippen LogP contribution in [0.3, 0.4) is 0 Å². The van der Waals surface area contributed by atoms with Gasteiger partial charge in [-0.25, -0.2) is 4.98 Å². The van der Waals surface area contributed by atoms with Crippen molar-refractivity contribution in [3.05, 3.63) is 53.7 Å². The highest BCUT2D eigenvalue weighted by molar-refractivity contribution is 5.79. The number of carbonyl (C=O) groups is 1. The Kier molecular flexibility index (Phi) is 5.14. The summed E-state index contributed by atoms with van der Waals surface area (Å²) in [6.45, 7) is 0.795. The van der Waals surface area contributed by atoms with Crippen LogP contribution in [-0.2, 0) is 11.3 Å². The Morgan fingerprint density at radius 1 is 1.12 bits per heavy atom. The first-order chi connectivity index (χ1) is 11.7. The first-order valence-corrected chi connectivity index (χ1v) is 8.48. The molecule has 0 N–H and O–H groups in total. The third kappa shape index (κ3) is 3.94. The standard InChI is InChI=1S/C20H24N2O2/c1-22(14-15-6-12-18(24-2)13-7-15)20-5-3-4-19(21-20)16-8-10-17(23)11-9-16/h3-7,12-13,16H,8-11,14H2,1-2H3. The molecule has 24 heavy (non-hydrogen) atoms. The molecule has 2 aromatic rings. The summed E-state index contributed by atoms with van der Waals surface area (Å²) in [6, 6.07) is 14.3. The van der Waals surface area contributed by atoms with Gasteiger partial charge in [-0.3, -0.25) is 4.79 Å².